The normalized spacial score (nSPS) is 13.7. The van der Waals surface area contributed by atoms with E-state index >= 15 is 0 Å². The summed E-state index contributed by atoms with van der Waals surface area (Å²) in [5.74, 6) is 0.586. The van der Waals surface area contributed by atoms with E-state index in [1.54, 1.807) is 0 Å². The highest BCUT2D eigenvalue weighted by atomic mass is 15.2. The average Bonchev–Trinajstić information content (AvgIpc) is 2.30. The molecule has 0 aliphatic rings. The summed E-state index contributed by atoms with van der Waals surface area (Å²) in [5.41, 5.74) is 8.60. The van der Waals surface area contributed by atoms with Gasteiger partial charge >= 0.3 is 0 Å². The Balaban J connectivity index is 2.89. The fraction of sp³-hybridized carbons (Fsp3) is 0.600. The second-order valence-electron chi connectivity index (χ2n) is 5.33. The molecule has 0 radical (unpaired) electrons. The zero-order valence-electron chi connectivity index (χ0n) is 11.8. The molecule has 0 aromatic heterocycles. The molecule has 0 bridgehead atoms. The van der Waals surface area contributed by atoms with E-state index in [1.165, 1.54) is 11.1 Å². The van der Waals surface area contributed by atoms with Crippen molar-refractivity contribution in [1.82, 2.24) is 4.90 Å². The van der Waals surface area contributed by atoms with E-state index in [2.05, 4.69) is 63.9 Å². The lowest BCUT2D eigenvalue weighted by Crippen LogP contribution is -2.35. The number of hydrogen-bond acceptors (Lipinski definition) is 2. The van der Waals surface area contributed by atoms with Gasteiger partial charge in [0.05, 0.1) is 0 Å². The van der Waals surface area contributed by atoms with Crippen molar-refractivity contribution >= 4 is 0 Å². The summed E-state index contributed by atoms with van der Waals surface area (Å²) in [7, 11) is 2.14. The molecule has 1 rings (SSSR count). The van der Waals surface area contributed by atoms with Gasteiger partial charge in [0.2, 0.25) is 0 Å². The lowest BCUT2D eigenvalue weighted by molar-refractivity contribution is 0.201. The van der Waals surface area contributed by atoms with Crippen molar-refractivity contribution in [1.29, 1.82) is 0 Å². The van der Waals surface area contributed by atoms with Crippen LogP contribution in [0.5, 0.6) is 0 Å². The zero-order chi connectivity index (χ0) is 13.0. The Kier molecular flexibility index (Phi) is 5.16. The molecule has 96 valence electrons. The Morgan fingerprint density at radius 2 is 1.47 bits per heavy atom. The van der Waals surface area contributed by atoms with E-state index in [-0.39, 0.29) is 0 Å². The molecule has 0 amide bonds. The van der Waals surface area contributed by atoms with Gasteiger partial charge in [-0.25, -0.2) is 0 Å². The lowest BCUT2D eigenvalue weighted by Gasteiger charge is -2.31. The summed E-state index contributed by atoms with van der Waals surface area (Å²) in [5, 5.41) is 0. The molecule has 1 aromatic rings. The summed E-state index contributed by atoms with van der Waals surface area (Å²) in [6, 6.07) is 9.69. The quantitative estimate of drug-likeness (QED) is 0.848. The Morgan fingerprint density at radius 3 is 1.82 bits per heavy atom. The summed E-state index contributed by atoms with van der Waals surface area (Å²) in [6.45, 7) is 9.50. The van der Waals surface area contributed by atoms with E-state index in [0.29, 0.717) is 24.5 Å². The molecular weight excluding hydrogens is 208 g/mol. The summed E-state index contributed by atoms with van der Waals surface area (Å²) in [4.78, 5) is 2.32. The van der Waals surface area contributed by atoms with Gasteiger partial charge in [-0.2, -0.15) is 0 Å². The molecular formula is C15H26N2. The first kappa shape index (κ1) is 14.2. The highest BCUT2D eigenvalue weighted by molar-refractivity contribution is 5.27. The van der Waals surface area contributed by atoms with Gasteiger partial charge < -0.3 is 5.73 Å². The van der Waals surface area contributed by atoms with Gasteiger partial charge in [-0.15, -0.1) is 0 Å². The molecule has 1 atom stereocenters. The van der Waals surface area contributed by atoms with Gasteiger partial charge in [-0.1, -0.05) is 38.1 Å². The molecule has 2 heteroatoms. The predicted molar refractivity (Wildman–Crippen MR) is 75.2 cm³/mol. The predicted octanol–water partition coefficient (Wildman–Crippen LogP) is 3.15. The third kappa shape index (κ3) is 3.55. The zero-order valence-corrected chi connectivity index (χ0v) is 11.8. The molecule has 0 aliphatic carbocycles. The van der Waals surface area contributed by atoms with Crippen LogP contribution in [0.15, 0.2) is 24.3 Å². The second kappa shape index (κ2) is 6.18. The van der Waals surface area contributed by atoms with Gasteiger partial charge in [0, 0.05) is 18.6 Å². The minimum atomic E-state index is 0.316. The van der Waals surface area contributed by atoms with E-state index in [4.69, 9.17) is 5.73 Å². The minimum Gasteiger partial charge on any atom is -0.329 e. The number of nitrogens with zero attached hydrogens (tertiary/aromatic N) is 1. The van der Waals surface area contributed by atoms with Crippen LogP contribution in [0.2, 0.25) is 0 Å². The SMILES string of the molecule is CC(C)c1ccc(C(CN)N(C)C(C)C)cc1. The fourth-order valence-corrected chi connectivity index (χ4v) is 2.00. The number of rotatable bonds is 5. The van der Waals surface area contributed by atoms with Gasteiger partial charge in [0.1, 0.15) is 0 Å². The molecule has 2 N–H and O–H groups in total. The number of nitrogens with two attached hydrogens (primary N) is 1. The van der Waals surface area contributed by atoms with Crippen LogP contribution in [-0.4, -0.2) is 24.5 Å². The Hall–Kier alpha value is -0.860. The topological polar surface area (TPSA) is 29.3 Å². The molecule has 0 heterocycles. The van der Waals surface area contributed by atoms with Gasteiger partial charge in [-0.05, 0) is 37.9 Å². The van der Waals surface area contributed by atoms with Crippen LogP contribution >= 0.6 is 0 Å². The lowest BCUT2D eigenvalue weighted by atomic mass is 9.98. The first-order valence-corrected chi connectivity index (χ1v) is 6.49. The monoisotopic (exact) mass is 234 g/mol. The van der Waals surface area contributed by atoms with Crippen LogP contribution in [0, 0.1) is 0 Å². The Morgan fingerprint density at radius 1 is 1.00 bits per heavy atom. The standard InChI is InChI=1S/C15H26N2/c1-11(2)13-6-8-14(9-7-13)15(10-16)17(5)12(3)4/h6-9,11-12,15H,10,16H2,1-5H3. The van der Waals surface area contributed by atoms with Crippen molar-refractivity contribution < 1.29 is 0 Å². The first-order chi connectivity index (χ1) is 7.97. The molecule has 17 heavy (non-hydrogen) atoms. The largest absolute Gasteiger partial charge is 0.329 e. The minimum absolute atomic E-state index is 0.316. The van der Waals surface area contributed by atoms with Crippen molar-refractivity contribution in [2.75, 3.05) is 13.6 Å². The Bertz CT molecular complexity index is 327. The summed E-state index contributed by atoms with van der Waals surface area (Å²) < 4.78 is 0. The van der Waals surface area contributed by atoms with Crippen LogP contribution in [0.3, 0.4) is 0 Å². The maximum Gasteiger partial charge on any atom is 0.0470 e. The molecule has 0 aliphatic heterocycles. The molecule has 0 fully saturated rings. The highest BCUT2D eigenvalue weighted by Crippen LogP contribution is 2.22. The van der Waals surface area contributed by atoms with Gasteiger partial charge in [-0.3, -0.25) is 4.90 Å². The Labute approximate surface area is 106 Å². The number of likely N-dealkylation sites (N-methyl/N-ethyl adjacent to an activating group) is 1. The van der Waals surface area contributed by atoms with E-state index in [0.717, 1.165) is 0 Å². The van der Waals surface area contributed by atoms with Crippen LogP contribution < -0.4 is 5.73 Å². The van der Waals surface area contributed by atoms with Crippen molar-refractivity contribution in [3.8, 4) is 0 Å². The fourth-order valence-electron chi connectivity index (χ4n) is 2.00. The third-order valence-corrected chi connectivity index (χ3v) is 3.52. The average molecular weight is 234 g/mol. The van der Waals surface area contributed by atoms with Gasteiger partial charge in [0.25, 0.3) is 0 Å². The maximum atomic E-state index is 5.90. The number of benzene rings is 1. The molecule has 1 aromatic carbocycles. The van der Waals surface area contributed by atoms with Crippen LogP contribution in [0.25, 0.3) is 0 Å². The van der Waals surface area contributed by atoms with Crippen LogP contribution in [0.1, 0.15) is 50.8 Å². The molecule has 0 saturated heterocycles. The van der Waals surface area contributed by atoms with E-state index in [9.17, 15) is 0 Å². The second-order valence-corrected chi connectivity index (χ2v) is 5.33. The van der Waals surface area contributed by atoms with Gasteiger partial charge in [0.15, 0.2) is 0 Å². The van der Waals surface area contributed by atoms with Crippen molar-refractivity contribution in [3.05, 3.63) is 35.4 Å². The first-order valence-electron chi connectivity index (χ1n) is 6.49. The molecule has 0 spiro atoms. The van der Waals surface area contributed by atoms with E-state index < -0.39 is 0 Å². The molecule has 0 saturated carbocycles. The smallest absolute Gasteiger partial charge is 0.0470 e. The van der Waals surface area contributed by atoms with Crippen molar-refractivity contribution in [2.45, 2.75) is 45.7 Å². The van der Waals surface area contributed by atoms with Crippen molar-refractivity contribution in [3.63, 3.8) is 0 Å². The highest BCUT2D eigenvalue weighted by Gasteiger charge is 2.17. The summed E-state index contributed by atoms with van der Waals surface area (Å²) in [6.07, 6.45) is 0. The van der Waals surface area contributed by atoms with Crippen LogP contribution in [-0.2, 0) is 0 Å². The summed E-state index contributed by atoms with van der Waals surface area (Å²) >= 11 is 0. The molecule has 2 nitrogen and oxygen atoms in total. The molecule has 1 unspecified atom stereocenters. The third-order valence-electron chi connectivity index (χ3n) is 3.52. The maximum absolute atomic E-state index is 5.90. The van der Waals surface area contributed by atoms with E-state index in [1.807, 2.05) is 0 Å². The number of hydrogen-bond donors (Lipinski definition) is 1. The van der Waals surface area contributed by atoms with Crippen molar-refractivity contribution in [2.24, 2.45) is 5.73 Å². The van der Waals surface area contributed by atoms with Crippen LogP contribution in [0.4, 0.5) is 0 Å².